The van der Waals surface area contributed by atoms with E-state index < -0.39 is 0 Å². The molecule has 1 rings (SSSR count). The van der Waals surface area contributed by atoms with Crippen LogP contribution in [0, 0.1) is 0 Å². The summed E-state index contributed by atoms with van der Waals surface area (Å²) in [4.78, 5) is 11.6. The number of benzene rings is 1. The molecule has 0 heterocycles. The van der Waals surface area contributed by atoms with Crippen LogP contribution in [0.1, 0.15) is 25.8 Å². The summed E-state index contributed by atoms with van der Waals surface area (Å²) < 4.78 is 10.9. The summed E-state index contributed by atoms with van der Waals surface area (Å²) in [6.07, 6.45) is 1.04. The van der Waals surface area contributed by atoms with Gasteiger partial charge in [0.05, 0.1) is 6.10 Å². The van der Waals surface area contributed by atoms with Crippen LogP contribution in [0.5, 0.6) is 5.75 Å². The molecule has 2 N–H and O–H groups in total. The van der Waals surface area contributed by atoms with Crippen LogP contribution in [0.4, 0.5) is 0 Å². The molecular weight excluding hydrogens is 268 g/mol. The highest BCUT2D eigenvalue weighted by Crippen LogP contribution is 2.12. The van der Waals surface area contributed by atoms with Crippen LogP contribution in [0.3, 0.4) is 0 Å². The molecule has 118 valence electrons. The molecule has 0 unspecified atom stereocenters. The summed E-state index contributed by atoms with van der Waals surface area (Å²) in [7, 11) is 1.89. The normalized spacial score (nSPS) is 10.7. The first-order chi connectivity index (χ1) is 10.1. The van der Waals surface area contributed by atoms with Crippen LogP contribution >= 0.6 is 0 Å². The van der Waals surface area contributed by atoms with Gasteiger partial charge in [-0.3, -0.25) is 4.79 Å². The number of hydrogen-bond acceptors (Lipinski definition) is 4. The van der Waals surface area contributed by atoms with Crippen molar-refractivity contribution in [3.8, 4) is 5.75 Å². The van der Waals surface area contributed by atoms with Gasteiger partial charge in [-0.05, 0) is 45.0 Å². The summed E-state index contributed by atoms with van der Waals surface area (Å²) in [5.74, 6) is 0.597. The molecule has 1 amide bonds. The number of carbonyl (C=O) groups excluding carboxylic acids is 1. The molecule has 0 spiro atoms. The minimum atomic E-state index is -0.112. The first-order valence-electron chi connectivity index (χ1n) is 7.36. The quantitative estimate of drug-likeness (QED) is 0.645. The van der Waals surface area contributed by atoms with Gasteiger partial charge in [-0.25, -0.2) is 0 Å². The van der Waals surface area contributed by atoms with Crippen molar-refractivity contribution in [1.82, 2.24) is 10.6 Å². The van der Waals surface area contributed by atoms with E-state index in [4.69, 9.17) is 9.47 Å². The van der Waals surface area contributed by atoms with Gasteiger partial charge >= 0.3 is 0 Å². The molecule has 0 atom stereocenters. The summed E-state index contributed by atoms with van der Waals surface area (Å²) in [6, 6.07) is 7.71. The first-order valence-corrected chi connectivity index (χ1v) is 7.36. The van der Waals surface area contributed by atoms with Crippen molar-refractivity contribution in [3.63, 3.8) is 0 Å². The molecule has 5 heteroatoms. The van der Waals surface area contributed by atoms with Gasteiger partial charge in [0.15, 0.2) is 6.61 Å². The lowest BCUT2D eigenvalue weighted by molar-refractivity contribution is -0.123. The fourth-order valence-corrected chi connectivity index (χ4v) is 1.77. The minimum absolute atomic E-state index is 0.0358. The molecule has 1 aromatic rings. The Kier molecular flexibility index (Phi) is 8.47. The Balaban J connectivity index is 2.19. The fraction of sp³-hybridized carbons (Fsp3) is 0.562. The largest absolute Gasteiger partial charge is 0.484 e. The Labute approximate surface area is 127 Å². The maximum atomic E-state index is 11.6. The predicted molar refractivity (Wildman–Crippen MR) is 83.4 cm³/mol. The zero-order valence-electron chi connectivity index (χ0n) is 13.1. The van der Waals surface area contributed by atoms with Crippen LogP contribution in [0.2, 0.25) is 0 Å². The molecule has 1 aromatic carbocycles. The molecule has 0 saturated heterocycles. The van der Waals surface area contributed by atoms with Crippen molar-refractivity contribution in [1.29, 1.82) is 0 Å². The van der Waals surface area contributed by atoms with E-state index in [1.54, 1.807) is 0 Å². The standard InChI is InChI=1S/C16H26N2O3/c1-13(2)20-9-5-8-18-16(19)12-21-15-7-4-6-14(10-15)11-17-3/h4,6-7,10,13,17H,5,8-9,11-12H2,1-3H3,(H,18,19). The first kappa shape index (κ1) is 17.5. The summed E-state index contributed by atoms with van der Waals surface area (Å²) >= 11 is 0. The second kappa shape index (κ2) is 10.2. The average molecular weight is 294 g/mol. The lowest BCUT2D eigenvalue weighted by Crippen LogP contribution is -2.30. The zero-order chi connectivity index (χ0) is 15.5. The Hall–Kier alpha value is -1.59. The maximum Gasteiger partial charge on any atom is 0.257 e. The molecule has 0 aliphatic rings. The zero-order valence-corrected chi connectivity index (χ0v) is 13.1. The van der Waals surface area contributed by atoms with E-state index in [1.165, 1.54) is 0 Å². The molecule has 0 fully saturated rings. The van der Waals surface area contributed by atoms with Crippen molar-refractivity contribution in [2.24, 2.45) is 0 Å². The summed E-state index contributed by atoms with van der Waals surface area (Å²) in [5, 5.41) is 5.89. The third kappa shape index (κ3) is 8.32. The van der Waals surface area contributed by atoms with E-state index in [0.29, 0.717) is 18.9 Å². The van der Waals surface area contributed by atoms with Crippen molar-refractivity contribution in [3.05, 3.63) is 29.8 Å². The van der Waals surface area contributed by atoms with Gasteiger partial charge in [0.2, 0.25) is 0 Å². The van der Waals surface area contributed by atoms with Gasteiger partial charge in [0, 0.05) is 19.7 Å². The SMILES string of the molecule is CNCc1cccc(OCC(=O)NCCCOC(C)C)c1. The topological polar surface area (TPSA) is 59.6 Å². The van der Waals surface area contributed by atoms with Gasteiger partial charge < -0.3 is 20.1 Å². The highest BCUT2D eigenvalue weighted by atomic mass is 16.5. The molecule has 0 aromatic heterocycles. The summed E-state index contributed by atoms with van der Waals surface area (Å²) in [5.41, 5.74) is 1.13. The van der Waals surface area contributed by atoms with Crippen molar-refractivity contribution in [2.45, 2.75) is 32.9 Å². The van der Waals surface area contributed by atoms with Gasteiger partial charge in [-0.15, -0.1) is 0 Å². The number of carbonyl (C=O) groups is 1. The predicted octanol–water partition coefficient (Wildman–Crippen LogP) is 1.72. The van der Waals surface area contributed by atoms with Crippen LogP contribution in [0.15, 0.2) is 24.3 Å². The van der Waals surface area contributed by atoms with Crippen molar-refractivity contribution >= 4 is 5.91 Å². The molecule has 0 aliphatic heterocycles. The Morgan fingerprint density at radius 2 is 2.14 bits per heavy atom. The van der Waals surface area contributed by atoms with Crippen LogP contribution in [-0.4, -0.2) is 38.8 Å². The highest BCUT2D eigenvalue weighted by molar-refractivity contribution is 5.77. The van der Waals surface area contributed by atoms with E-state index in [1.807, 2.05) is 45.2 Å². The van der Waals surface area contributed by atoms with Gasteiger partial charge in [0.1, 0.15) is 5.75 Å². The van der Waals surface area contributed by atoms with Crippen LogP contribution in [-0.2, 0) is 16.1 Å². The number of amides is 1. The highest BCUT2D eigenvalue weighted by Gasteiger charge is 2.03. The van der Waals surface area contributed by atoms with E-state index in [-0.39, 0.29) is 18.6 Å². The Morgan fingerprint density at radius 3 is 2.86 bits per heavy atom. The maximum absolute atomic E-state index is 11.6. The van der Waals surface area contributed by atoms with E-state index in [0.717, 1.165) is 18.5 Å². The second-order valence-corrected chi connectivity index (χ2v) is 5.09. The van der Waals surface area contributed by atoms with Crippen molar-refractivity contribution in [2.75, 3.05) is 26.8 Å². The number of ether oxygens (including phenoxy) is 2. The van der Waals surface area contributed by atoms with E-state index >= 15 is 0 Å². The van der Waals surface area contributed by atoms with Gasteiger partial charge in [-0.2, -0.15) is 0 Å². The molecule has 0 saturated carbocycles. The molecule has 21 heavy (non-hydrogen) atoms. The summed E-state index contributed by atoms with van der Waals surface area (Å²) in [6.45, 7) is 6.07. The third-order valence-electron chi connectivity index (χ3n) is 2.74. The van der Waals surface area contributed by atoms with E-state index in [9.17, 15) is 4.79 Å². The van der Waals surface area contributed by atoms with Crippen molar-refractivity contribution < 1.29 is 14.3 Å². The number of rotatable bonds is 10. The Morgan fingerprint density at radius 1 is 1.33 bits per heavy atom. The molecule has 0 aliphatic carbocycles. The smallest absolute Gasteiger partial charge is 0.257 e. The fourth-order valence-electron chi connectivity index (χ4n) is 1.77. The lowest BCUT2D eigenvalue weighted by Gasteiger charge is -2.10. The number of nitrogens with one attached hydrogen (secondary N) is 2. The second-order valence-electron chi connectivity index (χ2n) is 5.09. The van der Waals surface area contributed by atoms with Gasteiger partial charge in [-0.1, -0.05) is 12.1 Å². The third-order valence-corrected chi connectivity index (χ3v) is 2.74. The molecule has 5 nitrogen and oxygen atoms in total. The van der Waals surface area contributed by atoms with Crippen LogP contribution < -0.4 is 15.4 Å². The van der Waals surface area contributed by atoms with Gasteiger partial charge in [0.25, 0.3) is 5.91 Å². The average Bonchev–Trinajstić information content (AvgIpc) is 2.45. The lowest BCUT2D eigenvalue weighted by atomic mass is 10.2. The monoisotopic (exact) mass is 294 g/mol. The Bertz CT molecular complexity index is 422. The minimum Gasteiger partial charge on any atom is -0.484 e. The molecular formula is C16H26N2O3. The van der Waals surface area contributed by atoms with E-state index in [2.05, 4.69) is 10.6 Å². The van der Waals surface area contributed by atoms with Crippen LogP contribution in [0.25, 0.3) is 0 Å². The molecule has 0 bridgehead atoms. The number of hydrogen-bond donors (Lipinski definition) is 2. The molecule has 0 radical (unpaired) electrons.